The molecule has 0 saturated heterocycles. The zero-order valence-electron chi connectivity index (χ0n) is 14.7. The lowest BCUT2D eigenvalue weighted by molar-refractivity contribution is -0.147. The third-order valence-electron chi connectivity index (χ3n) is 7.14. The van der Waals surface area contributed by atoms with Crippen molar-refractivity contribution in [2.45, 2.75) is 65.4 Å². The van der Waals surface area contributed by atoms with Crippen LogP contribution in [0, 0.1) is 22.2 Å². The average molecular weight is 316 g/mol. The van der Waals surface area contributed by atoms with Crippen LogP contribution in [0.1, 0.15) is 59.8 Å². The average Bonchev–Trinajstić information content (AvgIpc) is 2.46. The van der Waals surface area contributed by atoms with Crippen molar-refractivity contribution in [3.63, 3.8) is 0 Å². The van der Waals surface area contributed by atoms with Gasteiger partial charge in [-0.15, -0.1) is 6.58 Å². The summed E-state index contributed by atoms with van der Waals surface area (Å²) in [6.45, 7) is 11.9. The minimum atomic E-state index is -0.946. The number of allylic oxidation sites excluding steroid dienone is 2. The number of hydrogen-bond acceptors (Lipinski definition) is 3. The van der Waals surface area contributed by atoms with Gasteiger partial charge in [0.25, 0.3) is 0 Å². The molecule has 4 atom stereocenters. The number of hydrogen-bond donors (Lipinski definition) is 1. The fraction of sp³-hybridized carbons (Fsp3) is 0.700. The molecular formula is C20H28O3. The van der Waals surface area contributed by atoms with E-state index in [1.807, 2.05) is 20.8 Å². The van der Waals surface area contributed by atoms with Crippen LogP contribution < -0.4 is 0 Å². The summed E-state index contributed by atoms with van der Waals surface area (Å²) in [5, 5.41) is 11.4. The largest absolute Gasteiger partial charge is 0.385 e. The lowest BCUT2D eigenvalue weighted by atomic mass is 9.45. The number of rotatable bonds is 1. The topological polar surface area (TPSA) is 54.4 Å². The first-order chi connectivity index (χ1) is 10.5. The van der Waals surface area contributed by atoms with Gasteiger partial charge in [-0.1, -0.05) is 26.8 Å². The molecule has 0 heterocycles. The van der Waals surface area contributed by atoms with Gasteiger partial charge in [-0.25, -0.2) is 0 Å². The van der Waals surface area contributed by atoms with Crippen molar-refractivity contribution >= 4 is 11.6 Å². The van der Waals surface area contributed by atoms with Crippen LogP contribution in [-0.2, 0) is 9.59 Å². The number of carbonyl (C=O) groups excluding carboxylic acids is 2. The highest BCUT2D eigenvalue weighted by atomic mass is 16.3. The molecule has 0 amide bonds. The Labute approximate surface area is 138 Å². The van der Waals surface area contributed by atoms with Crippen LogP contribution in [0.15, 0.2) is 24.3 Å². The van der Waals surface area contributed by atoms with Crippen molar-refractivity contribution in [1.29, 1.82) is 0 Å². The van der Waals surface area contributed by atoms with E-state index >= 15 is 0 Å². The minimum absolute atomic E-state index is 0.0313. The lowest BCUT2D eigenvalue weighted by Gasteiger charge is -2.60. The number of carbonyl (C=O) groups is 2. The van der Waals surface area contributed by atoms with Gasteiger partial charge in [0.05, 0.1) is 11.0 Å². The molecule has 0 unspecified atom stereocenters. The number of ketones is 2. The molecule has 3 heteroatoms. The van der Waals surface area contributed by atoms with Gasteiger partial charge in [0.1, 0.15) is 5.78 Å². The summed E-state index contributed by atoms with van der Waals surface area (Å²) in [4.78, 5) is 25.1. The molecular weight excluding hydrogens is 288 g/mol. The Morgan fingerprint density at radius 3 is 2.48 bits per heavy atom. The monoisotopic (exact) mass is 316 g/mol. The Kier molecular flexibility index (Phi) is 3.37. The molecule has 2 saturated carbocycles. The Balaban J connectivity index is 2.13. The van der Waals surface area contributed by atoms with Crippen molar-refractivity contribution in [2.24, 2.45) is 22.2 Å². The van der Waals surface area contributed by atoms with E-state index in [1.54, 1.807) is 12.2 Å². The molecule has 0 aromatic heterocycles. The maximum atomic E-state index is 12.7. The SMILES string of the molecule is C=C[C@]1(C)C[C@@]2(O)CC[C@@H]3C(C)(C)C(=O)CC[C@@]3(C)C2=CC1=O. The van der Waals surface area contributed by atoms with Crippen LogP contribution in [-0.4, -0.2) is 22.3 Å². The Morgan fingerprint density at radius 2 is 1.87 bits per heavy atom. The van der Waals surface area contributed by atoms with Gasteiger partial charge in [-0.2, -0.15) is 0 Å². The highest BCUT2D eigenvalue weighted by Crippen LogP contribution is 2.63. The molecule has 0 aromatic carbocycles. The van der Waals surface area contributed by atoms with Crippen molar-refractivity contribution in [3.8, 4) is 0 Å². The predicted octanol–water partition coefficient (Wildman–Crippen LogP) is 3.61. The molecule has 23 heavy (non-hydrogen) atoms. The molecule has 0 radical (unpaired) electrons. The van der Waals surface area contributed by atoms with Crippen molar-refractivity contribution in [3.05, 3.63) is 24.3 Å². The third kappa shape index (κ3) is 2.05. The first-order valence-corrected chi connectivity index (χ1v) is 8.66. The summed E-state index contributed by atoms with van der Waals surface area (Å²) in [7, 11) is 0. The quantitative estimate of drug-likeness (QED) is 0.752. The van der Waals surface area contributed by atoms with E-state index in [1.165, 1.54) is 0 Å². The first-order valence-electron chi connectivity index (χ1n) is 8.66. The zero-order chi connectivity index (χ0) is 17.3. The van der Waals surface area contributed by atoms with Gasteiger partial charge in [0.15, 0.2) is 5.78 Å². The Morgan fingerprint density at radius 1 is 1.22 bits per heavy atom. The van der Waals surface area contributed by atoms with E-state index in [0.717, 1.165) is 18.4 Å². The highest BCUT2D eigenvalue weighted by molar-refractivity contribution is 5.98. The Hall–Kier alpha value is -1.22. The minimum Gasteiger partial charge on any atom is -0.385 e. The van der Waals surface area contributed by atoms with Gasteiger partial charge in [0, 0.05) is 11.8 Å². The van der Waals surface area contributed by atoms with Gasteiger partial charge in [-0.3, -0.25) is 9.59 Å². The van der Waals surface area contributed by atoms with Crippen molar-refractivity contribution in [2.75, 3.05) is 0 Å². The maximum absolute atomic E-state index is 12.7. The molecule has 0 bridgehead atoms. The second-order valence-electron chi connectivity index (χ2n) is 8.91. The van der Waals surface area contributed by atoms with Crippen LogP contribution in [0.25, 0.3) is 0 Å². The van der Waals surface area contributed by atoms with Gasteiger partial charge in [0.2, 0.25) is 0 Å². The number of fused-ring (bicyclic) bond motifs is 3. The van der Waals surface area contributed by atoms with Gasteiger partial charge < -0.3 is 5.11 Å². The normalized spacial score (nSPS) is 45.8. The second kappa shape index (κ2) is 4.66. The fourth-order valence-electron chi connectivity index (χ4n) is 5.56. The summed E-state index contributed by atoms with van der Waals surface area (Å²) < 4.78 is 0. The molecule has 0 aromatic rings. The third-order valence-corrected chi connectivity index (χ3v) is 7.14. The molecule has 3 aliphatic carbocycles. The molecule has 3 rings (SSSR count). The summed E-state index contributed by atoms with van der Waals surface area (Å²) in [5.74, 6) is 0.525. The second-order valence-corrected chi connectivity index (χ2v) is 8.91. The fourth-order valence-corrected chi connectivity index (χ4v) is 5.56. The van der Waals surface area contributed by atoms with Crippen LogP contribution in [0.2, 0.25) is 0 Å². The smallest absolute Gasteiger partial charge is 0.165 e. The van der Waals surface area contributed by atoms with E-state index in [0.29, 0.717) is 25.0 Å². The molecule has 3 aliphatic rings. The van der Waals surface area contributed by atoms with Crippen molar-refractivity contribution < 1.29 is 14.7 Å². The summed E-state index contributed by atoms with van der Waals surface area (Å²) in [5.41, 5.74) is -1.44. The molecule has 0 spiro atoms. The first kappa shape index (κ1) is 16.6. The molecule has 3 nitrogen and oxygen atoms in total. The van der Waals surface area contributed by atoms with E-state index in [2.05, 4.69) is 13.5 Å². The predicted molar refractivity (Wildman–Crippen MR) is 89.8 cm³/mol. The summed E-state index contributed by atoms with van der Waals surface area (Å²) >= 11 is 0. The maximum Gasteiger partial charge on any atom is 0.165 e. The van der Waals surface area contributed by atoms with Crippen LogP contribution in [0.3, 0.4) is 0 Å². The van der Waals surface area contributed by atoms with E-state index in [9.17, 15) is 14.7 Å². The molecule has 0 aliphatic heterocycles. The lowest BCUT2D eigenvalue weighted by Crippen LogP contribution is -2.59. The van der Waals surface area contributed by atoms with E-state index in [4.69, 9.17) is 0 Å². The van der Waals surface area contributed by atoms with Gasteiger partial charge >= 0.3 is 0 Å². The number of Topliss-reactive ketones (excluding diaryl/α,β-unsaturated/α-hetero) is 1. The van der Waals surface area contributed by atoms with Crippen LogP contribution in [0.4, 0.5) is 0 Å². The van der Waals surface area contributed by atoms with Crippen LogP contribution >= 0.6 is 0 Å². The zero-order valence-corrected chi connectivity index (χ0v) is 14.7. The van der Waals surface area contributed by atoms with Gasteiger partial charge in [-0.05, 0) is 55.6 Å². The standard InChI is InChI=1S/C20H28O3/c1-6-18(4)12-20(23)10-7-13-17(2,3)15(21)8-9-19(13,5)14(20)11-16(18)22/h6,11,13,23H,1,7-10,12H2,2-5H3/t13-,18-,19-,20+/m1/s1. The van der Waals surface area contributed by atoms with E-state index in [-0.39, 0.29) is 17.1 Å². The summed E-state index contributed by atoms with van der Waals surface area (Å²) in [6.07, 6.45) is 6.46. The van der Waals surface area contributed by atoms with E-state index < -0.39 is 16.4 Å². The number of aliphatic hydroxyl groups is 1. The molecule has 2 fully saturated rings. The van der Waals surface area contributed by atoms with Crippen LogP contribution in [0.5, 0.6) is 0 Å². The van der Waals surface area contributed by atoms with Crippen molar-refractivity contribution in [1.82, 2.24) is 0 Å². The molecule has 1 N–H and O–H groups in total. The molecule has 126 valence electrons. The highest BCUT2D eigenvalue weighted by Gasteiger charge is 2.61. The summed E-state index contributed by atoms with van der Waals surface area (Å²) in [6, 6.07) is 0. The Bertz CT molecular complexity index is 629.